The average molecular weight is 205 g/mol. The monoisotopic (exact) mass is 205 g/mol. The summed E-state index contributed by atoms with van der Waals surface area (Å²) < 4.78 is 10.1. The number of methoxy groups -OCH3 is 1. The van der Waals surface area contributed by atoms with Crippen LogP contribution in [-0.4, -0.2) is 51.7 Å². The normalized spacial score (nSPS) is 13.1. The van der Waals surface area contributed by atoms with Crippen LogP contribution in [0.25, 0.3) is 0 Å². The fourth-order valence-corrected chi connectivity index (χ4v) is 0.957. The van der Waals surface area contributed by atoms with Gasteiger partial charge < -0.3 is 19.9 Å². The van der Waals surface area contributed by atoms with Gasteiger partial charge in [-0.2, -0.15) is 0 Å². The lowest BCUT2D eigenvalue weighted by Crippen LogP contribution is -2.24. The number of ether oxygens (including phenoxy) is 2. The summed E-state index contributed by atoms with van der Waals surface area (Å²) in [5.74, 6) is 0.337. The molecule has 0 aromatic carbocycles. The van der Waals surface area contributed by atoms with E-state index < -0.39 is 0 Å². The zero-order valence-electron chi connectivity index (χ0n) is 9.29. The van der Waals surface area contributed by atoms with Gasteiger partial charge in [0.1, 0.15) is 0 Å². The Bertz CT molecular complexity index is 112. The quantitative estimate of drug-likeness (QED) is 0.502. The number of aliphatic hydroxyl groups excluding tert-OH is 1. The van der Waals surface area contributed by atoms with Gasteiger partial charge >= 0.3 is 0 Å². The Hall–Kier alpha value is -0.160. The molecule has 0 amide bonds. The van der Waals surface area contributed by atoms with Crippen LogP contribution < -0.4 is 5.32 Å². The van der Waals surface area contributed by atoms with E-state index in [1.807, 2.05) is 6.92 Å². The van der Waals surface area contributed by atoms with E-state index in [0.717, 1.165) is 26.1 Å². The van der Waals surface area contributed by atoms with E-state index in [2.05, 4.69) is 5.32 Å². The largest absolute Gasteiger partial charge is 0.396 e. The second-order valence-electron chi connectivity index (χ2n) is 3.45. The number of aliphatic hydroxyl groups is 1. The zero-order valence-corrected chi connectivity index (χ0v) is 9.29. The molecule has 4 nitrogen and oxygen atoms in total. The number of hydrogen-bond acceptors (Lipinski definition) is 4. The second kappa shape index (κ2) is 10.9. The lowest BCUT2D eigenvalue weighted by molar-refractivity contribution is 0.0693. The summed E-state index contributed by atoms with van der Waals surface area (Å²) in [6.07, 6.45) is 1.00. The molecule has 86 valence electrons. The van der Waals surface area contributed by atoms with Crippen molar-refractivity contribution in [2.24, 2.45) is 5.92 Å². The molecular formula is C10H23NO3. The fraction of sp³-hybridized carbons (Fsp3) is 1.00. The van der Waals surface area contributed by atoms with Crippen LogP contribution in [0.5, 0.6) is 0 Å². The molecule has 1 unspecified atom stereocenters. The minimum Gasteiger partial charge on any atom is -0.396 e. The van der Waals surface area contributed by atoms with Crippen LogP contribution >= 0.6 is 0 Å². The molecule has 1 atom stereocenters. The molecule has 0 fully saturated rings. The first-order valence-corrected chi connectivity index (χ1v) is 5.19. The van der Waals surface area contributed by atoms with Crippen molar-refractivity contribution in [1.29, 1.82) is 0 Å². The van der Waals surface area contributed by atoms with Crippen molar-refractivity contribution in [1.82, 2.24) is 5.32 Å². The molecule has 0 aliphatic heterocycles. The summed E-state index contributed by atoms with van der Waals surface area (Å²) in [5, 5.41) is 12.0. The molecular weight excluding hydrogens is 182 g/mol. The maximum atomic E-state index is 8.76. The minimum atomic E-state index is 0.247. The topological polar surface area (TPSA) is 50.7 Å². The second-order valence-corrected chi connectivity index (χ2v) is 3.45. The molecule has 0 spiro atoms. The minimum absolute atomic E-state index is 0.247. The maximum absolute atomic E-state index is 8.76. The van der Waals surface area contributed by atoms with Crippen molar-refractivity contribution in [3.63, 3.8) is 0 Å². The molecule has 0 saturated carbocycles. The summed E-state index contributed by atoms with van der Waals surface area (Å²) in [6.45, 7) is 6.17. The van der Waals surface area contributed by atoms with Crippen LogP contribution in [0.15, 0.2) is 0 Å². The first-order valence-electron chi connectivity index (χ1n) is 5.19. The number of hydrogen-bond donors (Lipinski definition) is 2. The Morgan fingerprint density at radius 2 is 2.07 bits per heavy atom. The highest BCUT2D eigenvalue weighted by Crippen LogP contribution is 1.89. The summed E-state index contributed by atoms with van der Waals surface area (Å²) in [4.78, 5) is 0. The number of rotatable bonds is 10. The smallest absolute Gasteiger partial charge is 0.0700 e. The first kappa shape index (κ1) is 13.8. The van der Waals surface area contributed by atoms with Gasteiger partial charge in [-0.25, -0.2) is 0 Å². The van der Waals surface area contributed by atoms with E-state index in [9.17, 15) is 0 Å². The van der Waals surface area contributed by atoms with Gasteiger partial charge in [-0.3, -0.25) is 0 Å². The third-order valence-electron chi connectivity index (χ3n) is 1.88. The molecule has 0 aliphatic rings. The van der Waals surface area contributed by atoms with Gasteiger partial charge in [-0.15, -0.1) is 0 Å². The van der Waals surface area contributed by atoms with Gasteiger partial charge in [-0.05, 0) is 25.4 Å². The standard InChI is InChI=1S/C10H23NO3/c1-10(9-12)8-11-4-3-5-14-7-6-13-2/h10-12H,3-9H2,1-2H3. The Balaban J connectivity index is 2.92. The summed E-state index contributed by atoms with van der Waals surface area (Å²) in [5.41, 5.74) is 0. The van der Waals surface area contributed by atoms with Gasteiger partial charge in [0, 0.05) is 20.3 Å². The summed E-state index contributed by atoms with van der Waals surface area (Å²) in [6, 6.07) is 0. The maximum Gasteiger partial charge on any atom is 0.0700 e. The molecule has 2 N–H and O–H groups in total. The van der Waals surface area contributed by atoms with Crippen molar-refractivity contribution >= 4 is 0 Å². The summed E-state index contributed by atoms with van der Waals surface area (Å²) in [7, 11) is 1.67. The third kappa shape index (κ3) is 9.92. The lowest BCUT2D eigenvalue weighted by atomic mass is 10.2. The fourth-order valence-electron chi connectivity index (χ4n) is 0.957. The Morgan fingerprint density at radius 3 is 2.71 bits per heavy atom. The highest BCUT2D eigenvalue weighted by molar-refractivity contribution is 4.54. The van der Waals surface area contributed by atoms with Crippen LogP contribution in [0.2, 0.25) is 0 Å². The van der Waals surface area contributed by atoms with Crippen LogP contribution in [0.3, 0.4) is 0 Å². The van der Waals surface area contributed by atoms with Gasteiger partial charge in [0.25, 0.3) is 0 Å². The molecule has 0 aromatic heterocycles. The molecule has 0 aromatic rings. The number of nitrogens with one attached hydrogen (secondary N) is 1. The highest BCUT2D eigenvalue weighted by Gasteiger charge is 1.97. The molecule has 0 saturated heterocycles. The molecule has 0 radical (unpaired) electrons. The van der Waals surface area contributed by atoms with Crippen LogP contribution in [-0.2, 0) is 9.47 Å². The van der Waals surface area contributed by atoms with Crippen LogP contribution in [0.1, 0.15) is 13.3 Å². The Labute approximate surface area is 86.6 Å². The average Bonchev–Trinajstić information content (AvgIpc) is 2.21. The lowest BCUT2D eigenvalue weighted by Gasteiger charge is -2.09. The van der Waals surface area contributed by atoms with Gasteiger partial charge in [-0.1, -0.05) is 6.92 Å². The van der Waals surface area contributed by atoms with Crippen molar-refractivity contribution in [2.75, 3.05) is 46.6 Å². The molecule has 4 heteroatoms. The first-order chi connectivity index (χ1) is 6.81. The van der Waals surface area contributed by atoms with Crippen LogP contribution in [0, 0.1) is 5.92 Å². The molecule has 0 heterocycles. The molecule has 0 aliphatic carbocycles. The van der Waals surface area contributed by atoms with Crippen molar-refractivity contribution in [3.05, 3.63) is 0 Å². The van der Waals surface area contributed by atoms with E-state index >= 15 is 0 Å². The Kier molecular flexibility index (Phi) is 10.8. The Morgan fingerprint density at radius 1 is 1.29 bits per heavy atom. The van der Waals surface area contributed by atoms with E-state index in [-0.39, 0.29) is 6.61 Å². The zero-order chi connectivity index (χ0) is 10.6. The molecule has 0 rings (SSSR count). The van der Waals surface area contributed by atoms with Gasteiger partial charge in [0.05, 0.1) is 13.2 Å². The van der Waals surface area contributed by atoms with E-state index in [0.29, 0.717) is 19.1 Å². The van der Waals surface area contributed by atoms with Crippen molar-refractivity contribution in [2.45, 2.75) is 13.3 Å². The third-order valence-corrected chi connectivity index (χ3v) is 1.88. The van der Waals surface area contributed by atoms with E-state index in [4.69, 9.17) is 14.6 Å². The van der Waals surface area contributed by atoms with Gasteiger partial charge in [0.15, 0.2) is 0 Å². The van der Waals surface area contributed by atoms with Crippen LogP contribution in [0.4, 0.5) is 0 Å². The van der Waals surface area contributed by atoms with E-state index in [1.54, 1.807) is 7.11 Å². The van der Waals surface area contributed by atoms with Gasteiger partial charge in [0.2, 0.25) is 0 Å². The molecule has 0 bridgehead atoms. The SMILES string of the molecule is COCCOCCCNCC(C)CO. The highest BCUT2D eigenvalue weighted by atomic mass is 16.5. The van der Waals surface area contributed by atoms with Crippen molar-refractivity contribution < 1.29 is 14.6 Å². The summed E-state index contributed by atoms with van der Waals surface area (Å²) >= 11 is 0. The van der Waals surface area contributed by atoms with Crippen molar-refractivity contribution in [3.8, 4) is 0 Å². The van der Waals surface area contributed by atoms with E-state index in [1.165, 1.54) is 0 Å². The predicted octanol–water partition coefficient (Wildman–Crippen LogP) is 0.258. The predicted molar refractivity (Wildman–Crippen MR) is 56.4 cm³/mol. The molecule has 14 heavy (non-hydrogen) atoms.